The fourth-order valence-corrected chi connectivity index (χ4v) is 2.80. The molecule has 0 aliphatic heterocycles. The van der Waals surface area contributed by atoms with Crippen LogP contribution in [0.3, 0.4) is 0 Å². The van der Waals surface area contributed by atoms with E-state index in [-0.39, 0.29) is 11.3 Å². The van der Waals surface area contributed by atoms with Crippen LogP contribution in [0.25, 0.3) is 0 Å². The van der Waals surface area contributed by atoms with Gasteiger partial charge in [-0.05, 0) is 69.7 Å². The largest absolute Gasteiger partial charge is 0.444 e. The van der Waals surface area contributed by atoms with Gasteiger partial charge in [-0.2, -0.15) is 0 Å². The molecule has 1 aromatic carbocycles. The molecule has 0 radical (unpaired) electrons. The third-order valence-corrected chi connectivity index (χ3v) is 4.06. The zero-order valence-corrected chi connectivity index (χ0v) is 20.1. The normalized spacial score (nSPS) is 12.7. The lowest BCUT2D eigenvalue weighted by Gasteiger charge is -2.19. The van der Waals surface area contributed by atoms with Crippen molar-refractivity contribution in [2.75, 3.05) is 5.32 Å². The van der Waals surface area contributed by atoms with E-state index in [1.807, 2.05) is 52.8 Å². The molecule has 0 unspecified atom stereocenters. The van der Waals surface area contributed by atoms with Crippen LogP contribution in [0.5, 0.6) is 0 Å². The first-order valence-electron chi connectivity index (χ1n) is 10.4. The van der Waals surface area contributed by atoms with Gasteiger partial charge in [-0.25, -0.2) is 4.79 Å². The second-order valence-electron chi connectivity index (χ2n) is 9.98. The van der Waals surface area contributed by atoms with E-state index in [9.17, 15) is 9.59 Å². The van der Waals surface area contributed by atoms with E-state index in [4.69, 9.17) is 11.2 Å². The van der Waals surface area contributed by atoms with Crippen LogP contribution in [-0.2, 0) is 16.0 Å². The van der Waals surface area contributed by atoms with Gasteiger partial charge in [-0.1, -0.05) is 50.5 Å². The molecule has 0 aliphatic rings. The number of hydrogen-bond acceptors (Lipinski definition) is 3. The highest BCUT2D eigenvalue weighted by molar-refractivity contribution is 5.91. The molecule has 0 aliphatic carbocycles. The van der Waals surface area contributed by atoms with E-state index >= 15 is 0 Å². The molecule has 0 saturated heterocycles. The summed E-state index contributed by atoms with van der Waals surface area (Å²) < 4.78 is 5.21. The molecule has 0 atom stereocenters. The molecule has 1 rings (SSSR count). The Balaban J connectivity index is 2.79. The average Bonchev–Trinajstić information content (AvgIpc) is 2.57. The molecule has 168 valence electrons. The second kappa shape index (κ2) is 10.9. The first-order chi connectivity index (χ1) is 14.2. The standard InChI is InChI=1S/C26H36N2O3/c1-10-21(27-24(30)31-26(7,8)9)13-11-18(2)15-20-12-14-22(19(3)16-20)28-23(29)17-25(4,5)6/h1,11-14,16H,15,17H2,2-9H3,(H,27,30)(H,28,29)/b18-11+,21-13+. The molecule has 0 saturated carbocycles. The molecule has 1 aromatic rings. The minimum absolute atomic E-state index is 0.0175. The van der Waals surface area contributed by atoms with E-state index in [0.29, 0.717) is 12.1 Å². The van der Waals surface area contributed by atoms with Crippen LogP contribution >= 0.6 is 0 Å². The van der Waals surface area contributed by atoms with Crippen LogP contribution in [-0.4, -0.2) is 17.6 Å². The van der Waals surface area contributed by atoms with Gasteiger partial charge >= 0.3 is 6.09 Å². The van der Waals surface area contributed by atoms with Crippen LogP contribution in [0.2, 0.25) is 0 Å². The van der Waals surface area contributed by atoms with E-state index < -0.39 is 11.7 Å². The summed E-state index contributed by atoms with van der Waals surface area (Å²) in [6.45, 7) is 15.5. The number of alkyl carbamates (subject to hydrolysis) is 1. The molecule has 0 heterocycles. The number of terminal acetylenes is 1. The van der Waals surface area contributed by atoms with Gasteiger partial charge in [0.1, 0.15) is 5.60 Å². The Hall–Kier alpha value is -3.00. The summed E-state index contributed by atoms with van der Waals surface area (Å²) in [5, 5.41) is 5.56. The van der Waals surface area contributed by atoms with Crippen LogP contribution < -0.4 is 10.6 Å². The first kappa shape index (κ1) is 26.0. The molecular formula is C26H36N2O3. The van der Waals surface area contributed by atoms with Crippen molar-refractivity contribution in [2.24, 2.45) is 5.41 Å². The molecule has 0 bridgehead atoms. The number of aryl methyl sites for hydroxylation is 1. The second-order valence-corrected chi connectivity index (χ2v) is 9.98. The molecule has 0 aromatic heterocycles. The van der Waals surface area contributed by atoms with Gasteiger partial charge in [-0.3, -0.25) is 10.1 Å². The number of allylic oxidation sites excluding steroid dienone is 4. The topological polar surface area (TPSA) is 67.4 Å². The quantitative estimate of drug-likeness (QED) is 0.441. The Morgan fingerprint density at radius 1 is 1.13 bits per heavy atom. The Morgan fingerprint density at radius 3 is 2.29 bits per heavy atom. The van der Waals surface area contributed by atoms with Crippen molar-refractivity contribution in [2.45, 2.75) is 73.8 Å². The van der Waals surface area contributed by atoms with Crippen LogP contribution in [0.4, 0.5) is 10.5 Å². The van der Waals surface area contributed by atoms with Crippen molar-refractivity contribution in [3.05, 3.63) is 52.7 Å². The zero-order chi connectivity index (χ0) is 23.8. The smallest absolute Gasteiger partial charge is 0.412 e. The zero-order valence-electron chi connectivity index (χ0n) is 20.1. The predicted octanol–water partition coefficient (Wildman–Crippen LogP) is 5.90. The van der Waals surface area contributed by atoms with Gasteiger partial charge in [0, 0.05) is 12.1 Å². The maximum Gasteiger partial charge on any atom is 0.412 e. The third-order valence-electron chi connectivity index (χ3n) is 4.06. The number of anilines is 1. The van der Waals surface area contributed by atoms with Gasteiger partial charge in [0.15, 0.2) is 0 Å². The van der Waals surface area contributed by atoms with Gasteiger partial charge in [0.2, 0.25) is 5.91 Å². The summed E-state index contributed by atoms with van der Waals surface area (Å²) in [7, 11) is 0. The van der Waals surface area contributed by atoms with Crippen molar-refractivity contribution >= 4 is 17.7 Å². The van der Waals surface area contributed by atoms with E-state index in [1.54, 1.807) is 26.8 Å². The monoisotopic (exact) mass is 424 g/mol. The number of carbonyl (C=O) groups excluding carboxylic acids is 2. The van der Waals surface area contributed by atoms with Crippen LogP contribution in [0.1, 0.15) is 66.0 Å². The number of carbonyl (C=O) groups is 2. The molecule has 5 heteroatoms. The maximum atomic E-state index is 12.2. The Labute approximate surface area is 187 Å². The van der Waals surface area contributed by atoms with Crippen molar-refractivity contribution in [3.63, 3.8) is 0 Å². The predicted molar refractivity (Wildman–Crippen MR) is 128 cm³/mol. The highest BCUT2D eigenvalue weighted by Gasteiger charge is 2.17. The van der Waals surface area contributed by atoms with Gasteiger partial charge < -0.3 is 10.1 Å². The minimum Gasteiger partial charge on any atom is -0.444 e. The fourth-order valence-electron chi connectivity index (χ4n) is 2.80. The highest BCUT2D eigenvalue weighted by atomic mass is 16.6. The number of hydrogen-bond donors (Lipinski definition) is 2. The van der Waals surface area contributed by atoms with Crippen LogP contribution in [0.15, 0.2) is 41.6 Å². The number of rotatable bonds is 6. The Kier molecular flexibility index (Phi) is 9.12. The summed E-state index contributed by atoms with van der Waals surface area (Å²) >= 11 is 0. The molecule has 2 amide bonds. The fraction of sp³-hybridized carbons (Fsp3) is 0.462. The summed E-state index contributed by atoms with van der Waals surface area (Å²) in [5.74, 6) is 2.47. The molecule has 2 N–H and O–H groups in total. The average molecular weight is 425 g/mol. The maximum absolute atomic E-state index is 12.2. The number of ether oxygens (including phenoxy) is 1. The van der Waals surface area contributed by atoms with Gasteiger partial charge in [0.05, 0.1) is 5.70 Å². The lowest BCUT2D eigenvalue weighted by molar-refractivity contribution is -0.117. The van der Waals surface area contributed by atoms with Crippen molar-refractivity contribution in [1.82, 2.24) is 5.32 Å². The van der Waals surface area contributed by atoms with Crippen molar-refractivity contribution < 1.29 is 14.3 Å². The number of amides is 2. The van der Waals surface area contributed by atoms with E-state index in [2.05, 4.69) is 22.6 Å². The summed E-state index contributed by atoms with van der Waals surface area (Å²) in [5.41, 5.74) is 3.73. The lowest BCUT2D eigenvalue weighted by atomic mass is 9.92. The third kappa shape index (κ3) is 11.1. The molecule has 0 fully saturated rings. The number of nitrogens with one attached hydrogen (secondary N) is 2. The SMILES string of the molecule is C#C/C(=C\C=C(/C)Cc1ccc(NC(=O)CC(C)(C)C)c(C)c1)NC(=O)OC(C)(C)C. The highest BCUT2D eigenvalue weighted by Crippen LogP contribution is 2.22. The number of benzene rings is 1. The molecule has 31 heavy (non-hydrogen) atoms. The Bertz CT molecular complexity index is 904. The minimum atomic E-state index is -0.591. The van der Waals surface area contributed by atoms with Crippen molar-refractivity contribution in [3.8, 4) is 12.3 Å². The molecular weight excluding hydrogens is 388 g/mol. The van der Waals surface area contributed by atoms with Crippen LogP contribution in [0, 0.1) is 24.7 Å². The molecule has 5 nitrogen and oxygen atoms in total. The summed E-state index contributed by atoms with van der Waals surface area (Å²) in [6.07, 6.45) is 9.66. The van der Waals surface area contributed by atoms with Gasteiger partial charge in [0.25, 0.3) is 0 Å². The molecule has 0 spiro atoms. The van der Waals surface area contributed by atoms with E-state index in [0.717, 1.165) is 28.8 Å². The Morgan fingerprint density at radius 2 is 1.77 bits per heavy atom. The summed E-state index contributed by atoms with van der Waals surface area (Å²) in [4.78, 5) is 24.1. The van der Waals surface area contributed by atoms with Gasteiger partial charge in [-0.15, -0.1) is 6.42 Å². The first-order valence-corrected chi connectivity index (χ1v) is 10.4. The van der Waals surface area contributed by atoms with E-state index in [1.165, 1.54) is 0 Å². The summed E-state index contributed by atoms with van der Waals surface area (Å²) in [6, 6.07) is 6.00. The lowest BCUT2D eigenvalue weighted by Crippen LogP contribution is -2.31. The van der Waals surface area contributed by atoms with Crippen molar-refractivity contribution in [1.29, 1.82) is 0 Å².